The Morgan fingerprint density at radius 2 is 2.21 bits per heavy atom. The fourth-order valence-electron chi connectivity index (χ4n) is 1.07. The van der Waals surface area contributed by atoms with Crippen molar-refractivity contribution in [2.45, 2.75) is 13.8 Å². The number of hydrogen-bond donors (Lipinski definition) is 0. The average Bonchev–Trinajstić information content (AvgIpc) is 2.72. The summed E-state index contributed by atoms with van der Waals surface area (Å²) in [7, 11) is 0. The lowest BCUT2D eigenvalue weighted by Crippen LogP contribution is -1.73. The van der Waals surface area contributed by atoms with Crippen LogP contribution in [0, 0.1) is 13.8 Å². The maximum absolute atomic E-state index is 5.32. The summed E-state index contributed by atoms with van der Waals surface area (Å²) in [6, 6.07) is 3.75. The molecule has 0 radical (unpaired) electrons. The Hall–Kier alpha value is -1.84. The number of nitrogens with zero attached hydrogens (tertiary/aromatic N) is 2. The van der Waals surface area contributed by atoms with Crippen molar-refractivity contribution in [3.63, 3.8) is 0 Å². The second kappa shape index (κ2) is 3.49. The van der Waals surface area contributed by atoms with E-state index in [-0.39, 0.29) is 0 Å². The lowest BCUT2D eigenvalue weighted by molar-refractivity contribution is 0.398. The molecule has 0 spiro atoms. The fourth-order valence-corrected chi connectivity index (χ4v) is 1.07. The summed E-state index contributed by atoms with van der Waals surface area (Å²) >= 11 is 0. The van der Waals surface area contributed by atoms with E-state index < -0.39 is 0 Å². The van der Waals surface area contributed by atoms with Crippen molar-refractivity contribution in [2.24, 2.45) is 4.99 Å². The predicted octanol–water partition coefficient (Wildman–Crippen LogP) is 2.64. The predicted molar refractivity (Wildman–Crippen MR) is 51.9 cm³/mol. The standard InChI is InChI=1S/C10H10N2O2/c1-7-3-4-9(13-7)5-11-10-6-12-14-8(10)2/h3-6H,1-2H3. The van der Waals surface area contributed by atoms with E-state index in [2.05, 4.69) is 10.1 Å². The van der Waals surface area contributed by atoms with Crippen LogP contribution in [0.4, 0.5) is 5.69 Å². The average molecular weight is 190 g/mol. The molecule has 0 unspecified atom stereocenters. The van der Waals surface area contributed by atoms with Gasteiger partial charge in [0.05, 0.1) is 12.4 Å². The second-order valence-electron chi connectivity index (χ2n) is 2.97. The summed E-state index contributed by atoms with van der Waals surface area (Å²) in [6.45, 7) is 3.70. The summed E-state index contributed by atoms with van der Waals surface area (Å²) in [6.07, 6.45) is 3.22. The van der Waals surface area contributed by atoms with Gasteiger partial charge < -0.3 is 8.94 Å². The van der Waals surface area contributed by atoms with Gasteiger partial charge in [-0.3, -0.25) is 0 Å². The van der Waals surface area contributed by atoms with Gasteiger partial charge in [-0.1, -0.05) is 5.16 Å². The van der Waals surface area contributed by atoms with Crippen LogP contribution < -0.4 is 0 Å². The van der Waals surface area contributed by atoms with Gasteiger partial charge in [0.2, 0.25) is 0 Å². The van der Waals surface area contributed by atoms with Crippen LogP contribution in [0.2, 0.25) is 0 Å². The largest absolute Gasteiger partial charge is 0.460 e. The van der Waals surface area contributed by atoms with Crippen molar-refractivity contribution in [1.29, 1.82) is 0 Å². The maximum atomic E-state index is 5.32. The quantitative estimate of drug-likeness (QED) is 0.684. The number of rotatable bonds is 2. The minimum atomic E-state index is 0.699. The van der Waals surface area contributed by atoms with Gasteiger partial charge in [-0.15, -0.1) is 0 Å². The van der Waals surface area contributed by atoms with E-state index in [0.29, 0.717) is 5.76 Å². The van der Waals surface area contributed by atoms with Gasteiger partial charge in [-0.25, -0.2) is 4.99 Å². The third-order valence-electron chi connectivity index (χ3n) is 1.82. The number of aryl methyl sites for hydroxylation is 2. The highest BCUT2D eigenvalue weighted by molar-refractivity contribution is 5.78. The normalized spacial score (nSPS) is 11.3. The molecule has 2 aromatic rings. The molecule has 72 valence electrons. The first kappa shape index (κ1) is 8.74. The van der Waals surface area contributed by atoms with Crippen molar-refractivity contribution in [2.75, 3.05) is 0 Å². The molecule has 0 aliphatic carbocycles. The summed E-state index contributed by atoms with van der Waals surface area (Å²) in [5.41, 5.74) is 0.721. The van der Waals surface area contributed by atoms with E-state index in [1.807, 2.05) is 26.0 Å². The van der Waals surface area contributed by atoms with Gasteiger partial charge in [0.25, 0.3) is 0 Å². The Kier molecular flexibility index (Phi) is 2.18. The van der Waals surface area contributed by atoms with Gasteiger partial charge in [0.1, 0.15) is 17.2 Å². The highest BCUT2D eigenvalue weighted by Crippen LogP contribution is 2.16. The van der Waals surface area contributed by atoms with Crippen LogP contribution in [0.3, 0.4) is 0 Å². The summed E-state index contributed by atoms with van der Waals surface area (Å²) in [5, 5.41) is 3.62. The third kappa shape index (κ3) is 1.74. The van der Waals surface area contributed by atoms with E-state index in [0.717, 1.165) is 17.2 Å². The Labute approximate surface area is 81.2 Å². The summed E-state index contributed by atoms with van der Waals surface area (Å²) in [5.74, 6) is 2.29. The Morgan fingerprint density at radius 1 is 1.36 bits per heavy atom. The molecule has 0 saturated carbocycles. The minimum absolute atomic E-state index is 0.699. The van der Waals surface area contributed by atoms with Crippen LogP contribution in [0.15, 0.2) is 32.3 Å². The Bertz CT molecular complexity index is 454. The molecule has 0 atom stereocenters. The van der Waals surface area contributed by atoms with Gasteiger partial charge in [0, 0.05) is 0 Å². The number of furan rings is 1. The molecule has 0 saturated heterocycles. The van der Waals surface area contributed by atoms with Gasteiger partial charge in [0.15, 0.2) is 5.76 Å². The van der Waals surface area contributed by atoms with Crippen molar-refractivity contribution in [3.05, 3.63) is 35.6 Å². The van der Waals surface area contributed by atoms with Gasteiger partial charge >= 0.3 is 0 Å². The molecule has 0 fully saturated rings. The van der Waals surface area contributed by atoms with Crippen LogP contribution in [-0.4, -0.2) is 11.4 Å². The Balaban J connectivity index is 2.19. The van der Waals surface area contributed by atoms with Crippen LogP contribution in [0.25, 0.3) is 0 Å². The van der Waals surface area contributed by atoms with Crippen molar-refractivity contribution >= 4 is 11.9 Å². The molecule has 4 heteroatoms. The minimum Gasteiger partial charge on any atom is -0.460 e. The highest BCUT2D eigenvalue weighted by Gasteiger charge is 1.99. The zero-order chi connectivity index (χ0) is 9.97. The van der Waals surface area contributed by atoms with Crippen molar-refractivity contribution < 1.29 is 8.94 Å². The smallest absolute Gasteiger partial charge is 0.159 e. The lowest BCUT2D eigenvalue weighted by Gasteiger charge is -1.85. The monoisotopic (exact) mass is 190 g/mol. The molecular formula is C10H10N2O2. The van der Waals surface area contributed by atoms with Crippen LogP contribution >= 0.6 is 0 Å². The first-order valence-corrected chi connectivity index (χ1v) is 4.27. The third-order valence-corrected chi connectivity index (χ3v) is 1.82. The number of aromatic nitrogens is 1. The first-order valence-electron chi connectivity index (χ1n) is 4.27. The molecule has 2 aromatic heterocycles. The summed E-state index contributed by atoms with van der Waals surface area (Å²) < 4.78 is 10.2. The van der Waals surface area contributed by atoms with E-state index >= 15 is 0 Å². The van der Waals surface area contributed by atoms with Crippen LogP contribution in [0.5, 0.6) is 0 Å². The molecule has 0 aromatic carbocycles. The molecule has 0 bridgehead atoms. The second-order valence-corrected chi connectivity index (χ2v) is 2.97. The molecule has 2 heterocycles. The molecule has 14 heavy (non-hydrogen) atoms. The number of hydrogen-bond acceptors (Lipinski definition) is 4. The van der Waals surface area contributed by atoms with E-state index in [9.17, 15) is 0 Å². The number of aliphatic imine (C=N–C) groups is 1. The molecule has 0 aliphatic heterocycles. The maximum Gasteiger partial charge on any atom is 0.159 e. The SMILES string of the molecule is Cc1ccc(C=Nc2cnoc2C)o1. The van der Waals surface area contributed by atoms with E-state index in [1.54, 1.807) is 12.4 Å². The van der Waals surface area contributed by atoms with Gasteiger partial charge in [-0.2, -0.15) is 0 Å². The molecule has 2 rings (SSSR count). The first-order chi connectivity index (χ1) is 6.75. The highest BCUT2D eigenvalue weighted by atomic mass is 16.5. The van der Waals surface area contributed by atoms with E-state index in [4.69, 9.17) is 8.94 Å². The van der Waals surface area contributed by atoms with Crippen molar-refractivity contribution in [3.8, 4) is 0 Å². The molecular weight excluding hydrogens is 180 g/mol. The molecule has 4 nitrogen and oxygen atoms in total. The lowest BCUT2D eigenvalue weighted by atomic mass is 10.4. The molecule has 0 amide bonds. The topological polar surface area (TPSA) is 51.5 Å². The zero-order valence-corrected chi connectivity index (χ0v) is 8.02. The fraction of sp³-hybridized carbons (Fsp3) is 0.200. The van der Waals surface area contributed by atoms with E-state index in [1.165, 1.54) is 0 Å². The summed E-state index contributed by atoms with van der Waals surface area (Å²) in [4.78, 5) is 4.17. The molecule has 0 aliphatic rings. The van der Waals surface area contributed by atoms with Crippen molar-refractivity contribution in [1.82, 2.24) is 5.16 Å². The van der Waals surface area contributed by atoms with Crippen LogP contribution in [-0.2, 0) is 0 Å². The van der Waals surface area contributed by atoms with Gasteiger partial charge in [-0.05, 0) is 26.0 Å². The Morgan fingerprint density at radius 3 is 2.79 bits per heavy atom. The van der Waals surface area contributed by atoms with Crippen LogP contribution in [0.1, 0.15) is 17.3 Å². The molecule has 0 N–H and O–H groups in total. The zero-order valence-electron chi connectivity index (χ0n) is 8.02.